The second-order valence-electron chi connectivity index (χ2n) is 4.81. The fourth-order valence-electron chi connectivity index (χ4n) is 2.03. The van der Waals surface area contributed by atoms with Crippen LogP contribution in [0.25, 0.3) is 0 Å². The zero-order valence-electron chi connectivity index (χ0n) is 11.2. The van der Waals surface area contributed by atoms with Gasteiger partial charge in [-0.15, -0.1) is 0 Å². The second-order valence-corrected chi connectivity index (χ2v) is 4.81. The van der Waals surface area contributed by atoms with Crippen molar-refractivity contribution in [2.45, 2.75) is 26.7 Å². The minimum Gasteiger partial charge on any atom is -0.498 e. The summed E-state index contributed by atoms with van der Waals surface area (Å²) in [6.45, 7) is 6.53. The molecule has 1 unspecified atom stereocenters. The average molecular weight is 239 g/mol. The van der Waals surface area contributed by atoms with Gasteiger partial charge in [0.05, 0.1) is 12.4 Å². The second kappa shape index (κ2) is 7.51. The zero-order valence-corrected chi connectivity index (χ0v) is 11.2. The molecule has 0 aromatic rings. The first-order valence-electron chi connectivity index (χ1n) is 6.41. The molecule has 98 valence electrons. The summed E-state index contributed by atoms with van der Waals surface area (Å²) in [6.07, 6.45) is 6.31. The molecule has 17 heavy (non-hydrogen) atoms. The summed E-state index contributed by atoms with van der Waals surface area (Å²) < 4.78 is 10.9. The Bertz CT molecular complexity index is 282. The van der Waals surface area contributed by atoms with Crippen molar-refractivity contribution in [2.24, 2.45) is 17.6 Å². The Labute approximate surface area is 105 Å². The number of hydrogen-bond donors (Lipinski definition) is 1. The van der Waals surface area contributed by atoms with E-state index in [-0.39, 0.29) is 0 Å². The standard InChI is InChI=1S/C14H25NO2/c1-11(2)13-6-5-12(10-15)9-14(13)17-8-4-7-16-3/h5,9,11,13H,4,6-8,10,15H2,1-3H3. The van der Waals surface area contributed by atoms with Crippen LogP contribution in [0.4, 0.5) is 0 Å². The van der Waals surface area contributed by atoms with E-state index in [1.165, 1.54) is 5.57 Å². The summed E-state index contributed by atoms with van der Waals surface area (Å²) >= 11 is 0. The lowest BCUT2D eigenvalue weighted by Crippen LogP contribution is -2.19. The first-order valence-corrected chi connectivity index (χ1v) is 6.41. The lowest BCUT2D eigenvalue weighted by molar-refractivity contribution is 0.122. The molecule has 0 aromatic heterocycles. The highest BCUT2D eigenvalue weighted by atomic mass is 16.5. The Kier molecular flexibility index (Phi) is 6.30. The van der Waals surface area contributed by atoms with E-state index in [2.05, 4.69) is 26.0 Å². The molecule has 0 fully saturated rings. The van der Waals surface area contributed by atoms with E-state index < -0.39 is 0 Å². The molecule has 0 heterocycles. The molecule has 3 nitrogen and oxygen atoms in total. The fraction of sp³-hybridized carbons (Fsp3) is 0.714. The molecule has 0 amide bonds. The molecule has 3 heteroatoms. The van der Waals surface area contributed by atoms with Crippen LogP contribution in [0.3, 0.4) is 0 Å². The van der Waals surface area contributed by atoms with Crippen LogP contribution in [0.15, 0.2) is 23.5 Å². The molecule has 1 aliphatic rings. The molecule has 1 aliphatic carbocycles. The van der Waals surface area contributed by atoms with Crippen molar-refractivity contribution in [3.05, 3.63) is 23.5 Å². The number of ether oxygens (including phenoxy) is 2. The van der Waals surface area contributed by atoms with Crippen molar-refractivity contribution in [3.63, 3.8) is 0 Å². The Morgan fingerprint density at radius 2 is 2.18 bits per heavy atom. The first kappa shape index (κ1) is 14.3. The quantitative estimate of drug-likeness (QED) is 0.694. The molecular weight excluding hydrogens is 214 g/mol. The van der Waals surface area contributed by atoms with Crippen LogP contribution in [-0.2, 0) is 9.47 Å². The molecule has 0 bridgehead atoms. The number of nitrogens with two attached hydrogens (primary N) is 1. The van der Waals surface area contributed by atoms with E-state index in [4.69, 9.17) is 15.2 Å². The van der Waals surface area contributed by atoms with E-state index >= 15 is 0 Å². The van der Waals surface area contributed by atoms with Crippen molar-refractivity contribution in [1.82, 2.24) is 0 Å². The van der Waals surface area contributed by atoms with E-state index in [0.29, 0.717) is 18.4 Å². The zero-order chi connectivity index (χ0) is 12.7. The van der Waals surface area contributed by atoms with Crippen LogP contribution in [0.5, 0.6) is 0 Å². The maximum atomic E-state index is 5.88. The van der Waals surface area contributed by atoms with Crippen molar-refractivity contribution in [3.8, 4) is 0 Å². The normalized spacial score (nSPS) is 20.2. The van der Waals surface area contributed by atoms with Gasteiger partial charge in [0.15, 0.2) is 0 Å². The van der Waals surface area contributed by atoms with Crippen LogP contribution in [0, 0.1) is 11.8 Å². The van der Waals surface area contributed by atoms with Gasteiger partial charge in [-0.2, -0.15) is 0 Å². The fourth-order valence-corrected chi connectivity index (χ4v) is 2.03. The number of allylic oxidation sites excluding steroid dienone is 2. The number of hydrogen-bond acceptors (Lipinski definition) is 3. The number of methoxy groups -OCH3 is 1. The predicted octanol–water partition coefficient (Wildman–Crippen LogP) is 2.48. The third kappa shape index (κ3) is 4.52. The van der Waals surface area contributed by atoms with Crippen molar-refractivity contribution >= 4 is 0 Å². The summed E-state index contributed by atoms with van der Waals surface area (Å²) in [5.74, 6) is 2.19. The molecule has 0 spiro atoms. The van der Waals surface area contributed by atoms with Crippen LogP contribution in [-0.4, -0.2) is 26.9 Å². The van der Waals surface area contributed by atoms with Gasteiger partial charge in [0, 0.05) is 32.6 Å². The Morgan fingerprint density at radius 3 is 2.76 bits per heavy atom. The molecule has 0 saturated heterocycles. The monoisotopic (exact) mass is 239 g/mol. The van der Waals surface area contributed by atoms with E-state index in [1.807, 2.05) is 0 Å². The SMILES string of the molecule is COCCCOC1=CC(CN)=CCC1C(C)C. The van der Waals surface area contributed by atoms with Crippen LogP contribution in [0.1, 0.15) is 26.7 Å². The van der Waals surface area contributed by atoms with E-state index in [0.717, 1.165) is 31.8 Å². The summed E-state index contributed by atoms with van der Waals surface area (Å²) in [7, 11) is 1.71. The van der Waals surface area contributed by atoms with Gasteiger partial charge in [-0.1, -0.05) is 19.9 Å². The highest BCUT2D eigenvalue weighted by Crippen LogP contribution is 2.30. The highest BCUT2D eigenvalue weighted by molar-refractivity contribution is 5.28. The minimum absolute atomic E-state index is 0.493. The first-order chi connectivity index (χ1) is 8.19. The van der Waals surface area contributed by atoms with Gasteiger partial charge in [0.25, 0.3) is 0 Å². The average Bonchev–Trinajstić information content (AvgIpc) is 2.34. The summed E-state index contributed by atoms with van der Waals surface area (Å²) in [4.78, 5) is 0. The molecule has 1 rings (SSSR count). The van der Waals surface area contributed by atoms with E-state index in [1.54, 1.807) is 7.11 Å². The van der Waals surface area contributed by atoms with Crippen molar-refractivity contribution < 1.29 is 9.47 Å². The van der Waals surface area contributed by atoms with Gasteiger partial charge < -0.3 is 15.2 Å². The van der Waals surface area contributed by atoms with Crippen LogP contribution < -0.4 is 5.73 Å². The molecule has 0 aliphatic heterocycles. The van der Waals surface area contributed by atoms with Crippen molar-refractivity contribution in [1.29, 1.82) is 0 Å². The van der Waals surface area contributed by atoms with Crippen molar-refractivity contribution in [2.75, 3.05) is 26.9 Å². The molecule has 0 radical (unpaired) electrons. The number of rotatable bonds is 7. The third-order valence-corrected chi connectivity index (χ3v) is 3.13. The van der Waals surface area contributed by atoms with Gasteiger partial charge in [-0.3, -0.25) is 0 Å². The lowest BCUT2D eigenvalue weighted by atomic mass is 9.86. The highest BCUT2D eigenvalue weighted by Gasteiger charge is 2.22. The third-order valence-electron chi connectivity index (χ3n) is 3.13. The van der Waals surface area contributed by atoms with E-state index in [9.17, 15) is 0 Å². The summed E-state index contributed by atoms with van der Waals surface area (Å²) in [6, 6.07) is 0. The molecular formula is C14H25NO2. The minimum atomic E-state index is 0.493. The predicted molar refractivity (Wildman–Crippen MR) is 70.6 cm³/mol. The van der Waals surface area contributed by atoms with Crippen LogP contribution in [0.2, 0.25) is 0 Å². The Morgan fingerprint density at radius 1 is 1.41 bits per heavy atom. The topological polar surface area (TPSA) is 44.5 Å². The summed E-state index contributed by atoms with van der Waals surface area (Å²) in [5.41, 5.74) is 6.86. The molecule has 0 saturated carbocycles. The van der Waals surface area contributed by atoms with Gasteiger partial charge in [0.1, 0.15) is 0 Å². The van der Waals surface area contributed by atoms with Crippen LogP contribution >= 0.6 is 0 Å². The molecule has 1 atom stereocenters. The maximum Gasteiger partial charge on any atom is 0.0999 e. The Hall–Kier alpha value is -0.800. The Balaban J connectivity index is 2.54. The molecule has 2 N–H and O–H groups in total. The van der Waals surface area contributed by atoms with Gasteiger partial charge in [0.2, 0.25) is 0 Å². The maximum absolute atomic E-state index is 5.88. The van der Waals surface area contributed by atoms with Gasteiger partial charge in [-0.05, 0) is 24.0 Å². The summed E-state index contributed by atoms with van der Waals surface area (Å²) in [5, 5.41) is 0. The largest absolute Gasteiger partial charge is 0.498 e. The molecule has 0 aromatic carbocycles. The van der Waals surface area contributed by atoms with Gasteiger partial charge in [-0.25, -0.2) is 0 Å². The van der Waals surface area contributed by atoms with Gasteiger partial charge >= 0.3 is 0 Å². The lowest BCUT2D eigenvalue weighted by Gasteiger charge is -2.26. The smallest absolute Gasteiger partial charge is 0.0999 e.